The van der Waals surface area contributed by atoms with Crippen molar-refractivity contribution in [2.75, 3.05) is 5.75 Å². The zero-order chi connectivity index (χ0) is 23.2. The molecule has 5 rings (SSSR count). The predicted molar refractivity (Wildman–Crippen MR) is 136 cm³/mol. The molecule has 5 nitrogen and oxygen atoms in total. The van der Waals surface area contributed by atoms with Crippen LogP contribution in [0.25, 0.3) is 5.70 Å². The molecular formula is C27H36N4OS. The van der Waals surface area contributed by atoms with Crippen LogP contribution in [0.15, 0.2) is 46.0 Å². The molecule has 1 aromatic rings. The van der Waals surface area contributed by atoms with Gasteiger partial charge < -0.3 is 0 Å². The molecule has 0 spiro atoms. The molecule has 0 saturated heterocycles. The summed E-state index contributed by atoms with van der Waals surface area (Å²) in [6, 6.07) is 8.03. The van der Waals surface area contributed by atoms with Crippen LogP contribution < -0.4 is 15.9 Å². The van der Waals surface area contributed by atoms with Crippen LogP contribution in [-0.4, -0.2) is 28.0 Å². The van der Waals surface area contributed by atoms with Crippen LogP contribution in [-0.2, 0) is 4.79 Å². The molecular weight excluding hydrogens is 428 g/mol. The third-order valence-electron chi connectivity index (χ3n) is 8.05. The highest BCUT2D eigenvalue weighted by Crippen LogP contribution is 2.52. The largest absolute Gasteiger partial charge is 0.298 e. The fourth-order valence-electron chi connectivity index (χ4n) is 6.10. The number of amides is 1. The number of fused-ring (bicyclic) bond motifs is 3. The van der Waals surface area contributed by atoms with Crippen molar-refractivity contribution in [1.29, 1.82) is 0 Å². The molecule has 0 bridgehead atoms. The van der Waals surface area contributed by atoms with Gasteiger partial charge in [0, 0.05) is 16.9 Å². The molecule has 0 unspecified atom stereocenters. The third kappa shape index (κ3) is 4.16. The average molecular weight is 465 g/mol. The minimum atomic E-state index is -0.142. The van der Waals surface area contributed by atoms with E-state index in [4.69, 9.17) is 10.1 Å². The number of para-hydroxylation sites is 1. The summed E-state index contributed by atoms with van der Waals surface area (Å²) in [6.07, 6.45) is 9.28. The molecule has 6 heteroatoms. The molecule has 1 N–H and O–H groups in total. The van der Waals surface area contributed by atoms with Crippen molar-refractivity contribution in [2.24, 2.45) is 33.3 Å². The number of carbonyl (C=O) groups is 1. The summed E-state index contributed by atoms with van der Waals surface area (Å²) in [7, 11) is 0. The number of rotatable bonds is 4. The van der Waals surface area contributed by atoms with Crippen LogP contribution in [0.5, 0.6) is 0 Å². The Balaban J connectivity index is 1.56. The molecule has 0 radical (unpaired) electrons. The van der Waals surface area contributed by atoms with Crippen LogP contribution in [0.1, 0.15) is 66.2 Å². The number of allylic oxidation sites excluding steroid dienone is 2. The van der Waals surface area contributed by atoms with Crippen LogP contribution in [0.4, 0.5) is 0 Å². The van der Waals surface area contributed by atoms with E-state index in [0.717, 1.165) is 42.0 Å². The van der Waals surface area contributed by atoms with Crippen LogP contribution in [0, 0.1) is 23.2 Å². The number of benzene rings is 1. The topological polar surface area (TPSA) is 57.1 Å². The third-order valence-corrected chi connectivity index (χ3v) is 9.00. The van der Waals surface area contributed by atoms with E-state index >= 15 is 0 Å². The van der Waals surface area contributed by atoms with E-state index in [1.165, 1.54) is 12.8 Å². The average Bonchev–Trinajstić information content (AvgIpc) is 2.78. The molecule has 2 heterocycles. The second kappa shape index (κ2) is 8.94. The van der Waals surface area contributed by atoms with Gasteiger partial charge in [0.05, 0.1) is 5.36 Å². The summed E-state index contributed by atoms with van der Waals surface area (Å²) in [5.41, 5.74) is 2.61. The van der Waals surface area contributed by atoms with Crippen molar-refractivity contribution >= 4 is 28.5 Å². The first-order chi connectivity index (χ1) is 15.9. The number of thioether (sulfide) groups is 1. The Bertz CT molecular complexity index is 1120. The number of amidine groups is 1. The SMILES string of the molecule is CCCCSC1=NN2C(=c3ccccc3=N[C@@H]2[C@@H]2C[C@H]3C(=CCCC3(C)C)C[C@@H]2C)C(=O)N1. The lowest BCUT2D eigenvalue weighted by molar-refractivity contribution is -0.116. The maximum absolute atomic E-state index is 13.3. The van der Waals surface area contributed by atoms with E-state index in [0.29, 0.717) is 34.0 Å². The molecule has 2 aliphatic heterocycles. The van der Waals surface area contributed by atoms with E-state index in [9.17, 15) is 4.79 Å². The first-order valence-corrected chi connectivity index (χ1v) is 13.6. The standard InChI is InChI=1S/C27H36N4OS/c1-5-6-14-33-26-29-25(32)23-19-11-7-8-12-22(19)28-24(31(23)30-26)20-16-21-18(15-17(20)2)10-9-13-27(21,3)4/h7-8,10-12,17,20-21,24H,5-6,9,13-16H2,1-4H3,(H,29,30,32)/t17-,20+,21-,24-/m0/s1. The number of hydrogen-bond acceptors (Lipinski definition) is 5. The Morgan fingerprint density at radius 3 is 2.91 bits per heavy atom. The number of hydrazone groups is 1. The van der Waals surface area contributed by atoms with Gasteiger partial charge in [0.1, 0.15) is 11.9 Å². The predicted octanol–water partition coefficient (Wildman–Crippen LogP) is 4.40. The lowest BCUT2D eigenvalue weighted by Gasteiger charge is -2.49. The van der Waals surface area contributed by atoms with Gasteiger partial charge in [0.2, 0.25) is 0 Å². The molecule has 4 atom stereocenters. The minimum absolute atomic E-state index is 0.0570. The molecule has 4 aliphatic rings. The van der Waals surface area contributed by atoms with Crippen molar-refractivity contribution in [1.82, 2.24) is 10.3 Å². The number of unbranched alkanes of at least 4 members (excludes halogenated alkanes) is 1. The van der Waals surface area contributed by atoms with E-state index in [2.05, 4.69) is 39.1 Å². The Morgan fingerprint density at radius 2 is 2.09 bits per heavy atom. The van der Waals surface area contributed by atoms with Crippen molar-refractivity contribution in [3.8, 4) is 0 Å². The first-order valence-electron chi connectivity index (χ1n) is 12.6. The molecule has 2 aliphatic carbocycles. The van der Waals surface area contributed by atoms with Crippen molar-refractivity contribution in [3.05, 3.63) is 46.5 Å². The second-order valence-electron chi connectivity index (χ2n) is 10.8. The summed E-state index contributed by atoms with van der Waals surface area (Å²) in [6.45, 7) is 9.41. The summed E-state index contributed by atoms with van der Waals surface area (Å²) >= 11 is 1.64. The summed E-state index contributed by atoms with van der Waals surface area (Å²) in [5.74, 6) is 2.34. The Kier molecular flexibility index (Phi) is 6.15. The summed E-state index contributed by atoms with van der Waals surface area (Å²) < 4.78 is 0. The first kappa shape index (κ1) is 22.7. The monoisotopic (exact) mass is 464 g/mol. The fraction of sp³-hybridized carbons (Fsp3) is 0.593. The van der Waals surface area contributed by atoms with Gasteiger partial charge in [-0.2, -0.15) is 0 Å². The van der Waals surface area contributed by atoms with E-state index < -0.39 is 0 Å². The van der Waals surface area contributed by atoms with Crippen molar-refractivity contribution < 1.29 is 4.79 Å². The fourth-order valence-corrected chi connectivity index (χ4v) is 7.03. The zero-order valence-electron chi connectivity index (χ0n) is 20.3. The number of carbonyl (C=O) groups excluding carboxylic acids is 1. The normalized spacial score (nSPS) is 30.2. The number of nitrogens with zero attached hydrogens (tertiary/aromatic N) is 3. The van der Waals surface area contributed by atoms with Gasteiger partial charge in [-0.15, -0.1) is 5.10 Å². The Hall–Kier alpha value is -2.08. The highest BCUT2D eigenvalue weighted by atomic mass is 32.2. The van der Waals surface area contributed by atoms with Crippen LogP contribution in [0.3, 0.4) is 0 Å². The van der Waals surface area contributed by atoms with Gasteiger partial charge in [-0.25, -0.2) is 5.01 Å². The second-order valence-corrected chi connectivity index (χ2v) is 11.8. The van der Waals surface area contributed by atoms with Gasteiger partial charge in [-0.05, 0) is 55.4 Å². The van der Waals surface area contributed by atoms with Crippen LogP contribution >= 0.6 is 11.8 Å². The molecule has 1 fully saturated rings. The van der Waals surface area contributed by atoms with Gasteiger partial charge in [0.25, 0.3) is 5.91 Å². The van der Waals surface area contributed by atoms with Crippen molar-refractivity contribution in [2.45, 2.75) is 72.4 Å². The smallest absolute Gasteiger partial charge is 0.276 e. The molecule has 1 saturated carbocycles. The Labute approximate surface area is 201 Å². The lowest BCUT2D eigenvalue weighted by atomic mass is 9.58. The molecule has 1 amide bonds. The van der Waals surface area contributed by atoms with Crippen molar-refractivity contribution in [3.63, 3.8) is 0 Å². The Morgan fingerprint density at radius 1 is 1.27 bits per heavy atom. The maximum atomic E-state index is 13.3. The summed E-state index contributed by atoms with van der Waals surface area (Å²) in [5, 5.41) is 12.5. The molecule has 33 heavy (non-hydrogen) atoms. The highest BCUT2D eigenvalue weighted by Gasteiger charge is 2.46. The van der Waals surface area contributed by atoms with E-state index in [1.807, 2.05) is 29.3 Å². The molecule has 1 aromatic carbocycles. The highest BCUT2D eigenvalue weighted by molar-refractivity contribution is 8.13. The number of hydrogen-bond donors (Lipinski definition) is 1. The quantitative estimate of drug-likeness (QED) is 0.531. The number of nitrogens with one attached hydrogen (secondary N) is 1. The van der Waals surface area contributed by atoms with E-state index in [-0.39, 0.29) is 12.1 Å². The van der Waals surface area contributed by atoms with Gasteiger partial charge in [0.15, 0.2) is 5.17 Å². The molecule has 176 valence electrons. The maximum Gasteiger partial charge on any atom is 0.276 e. The molecule has 0 aromatic heterocycles. The minimum Gasteiger partial charge on any atom is -0.298 e. The van der Waals surface area contributed by atoms with Gasteiger partial charge >= 0.3 is 0 Å². The summed E-state index contributed by atoms with van der Waals surface area (Å²) in [4.78, 5) is 18.6. The zero-order valence-corrected chi connectivity index (χ0v) is 21.1. The van der Waals surface area contributed by atoms with E-state index in [1.54, 1.807) is 17.3 Å². The van der Waals surface area contributed by atoms with Gasteiger partial charge in [-0.3, -0.25) is 15.1 Å². The van der Waals surface area contributed by atoms with Crippen LogP contribution in [0.2, 0.25) is 0 Å². The lowest BCUT2D eigenvalue weighted by Crippen LogP contribution is -2.56. The van der Waals surface area contributed by atoms with Gasteiger partial charge in [-0.1, -0.05) is 75.7 Å².